The number of carbonyl (C=O) groups is 1. The van der Waals surface area contributed by atoms with E-state index in [1.807, 2.05) is 0 Å². The van der Waals surface area contributed by atoms with Crippen molar-refractivity contribution >= 4 is 5.97 Å². The van der Waals surface area contributed by atoms with Crippen molar-refractivity contribution in [2.75, 3.05) is 19.8 Å². The molecule has 0 aliphatic rings. The van der Waals surface area contributed by atoms with Gasteiger partial charge in [-0.05, 0) is 0 Å². The highest BCUT2D eigenvalue weighted by atomic mass is 19.4. The predicted octanol–water partition coefficient (Wildman–Crippen LogP) is 1.86. The molecule has 0 aromatic carbocycles. The van der Waals surface area contributed by atoms with Crippen molar-refractivity contribution in [2.45, 2.75) is 30.2 Å². The molecule has 0 aliphatic carbocycles. The fourth-order valence-electron chi connectivity index (χ4n) is 1.26. The molecule has 0 bridgehead atoms. The average Bonchev–Trinajstić information content (AvgIpc) is 2.27. The van der Waals surface area contributed by atoms with E-state index in [-0.39, 0.29) is 0 Å². The highest BCUT2D eigenvalue weighted by Crippen LogP contribution is 2.54. The van der Waals surface area contributed by atoms with Crippen molar-refractivity contribution < 1.29 is 58.9 Å². The molecule has 5 nitrogen and oxygen atoms in total. The summed E-state index contributed by atoms with van der Waals surface area (Å²) < 4.78 is 119. The van der Waals surface area contributed by atoms with E-state index in [1.54, 1.807) is 0 Å². The smallest absolute Gasteiger partial charge is 0.435 e. The van der Waals surface area contributed by atoms with Gasteiger partial charge in [0.25, 0.3) is 0 Å². The van der Waals surface area contributed by atoms with Crippen LogP contribution in [0.2, 0.25) is 0 Å². The van der Waals surface area contributed by atoms with Gasteiger partial charge in [-0.25, -0.2) is 0 Å². The zero-order chi connectivity index (χ0) is 18.7. The van der Waals surface area contributed by atoms with Gasteiger partial charge in [-0.15, -0.1) is 0 Å². The minimum atomic E-state index is -6.83. The second-order valence-corrected chi connectivity index (χ2v) is 4.04. The van der Waals surface area contributed by atoms with E-state index in [0.29, 0.717) is 0 Å². The summed E-state index contributed by atoms with van der Waals surface area (Å²) in [4.78, 5) is 10.2. The van der Waals surface area contributed by atoms with Crippen molar-refractivity contribution in [3.8, 4) is 0 Å². The van der Waals surface area contributed by atoms with Crippen LogP contribution < -0.4 is 5.73 Å². The lowest BCUT2D eigenvalue weighted by molar-refractivity contribution is -0.457. The monoisotopic (exact) mass is 367 g/mol. The summed E-state index contributed by atoms with van der Waals surface area (Å²) in [6.45, 7) is -3.79. The van der Waals surface area contributed by atoms with Gasteiger partial charge in [0, 0.05) is 0 Å². The van der Waals surface area contributed by atoms with Crippen molar-refractivity contribution in [1.29, 1.82) is 0 Å². The maximum Gasteiger partial charge on any atom is 0.435 e. The van der Waals surface area contributed by atoms with Gasteiger partial charge in [-0.3, -0.25) is 4.79 Å². The van der Waals surface area contributed by atoms with Crippen molar-refractivity contribution in [1.82, 2.24) is 0 Å². The lowest BCUT2D eigenvalue weighted by atomic mass is 10.0. The molecule has 0 saturated heterocycles. The van der Waals surface area contributed by atoms with Crippen LogP contribution in [0.25, 0.3) is 0 Å². The van der Waals surface area contributed by atoms with E-state index >= 15 is 0 Å². The number of hydrogen-bond acceptors (Lipinski definition) is 4. The van der Waals surface area contributed by atoms with Crippen LogP contribution in [0.5, 0.6) is 0 Å². The quantitative estimate of drug-likeness (QED) is 0.530. The number of ether oxygens (including phenoxy) is 2. The molecule has 14 heteroatoms. The van der Waals surface area contributed by atoms with Gasteiger partial charge in [-0.1, -0.05) is 0 Å². The van der Waals surface area contributed by atoms with Gasteiger partial charge >= 0.3 is 30.1 Å². The minimum Gasteiger partial charge on any atom is -0.480 e. The molecule has 0 unspecified atom stereocenters. The number of nitrogens with two attached hydrogens (primary N) is 1. The first kappa shape index (κ1) is 21.7. The van der Waals surface area contributed by atoms with Gasteiger partial charge in [-0.2, -0.15) is 39.5 Å². The second-order valence-electron chi connectivity index (χ2n) is 4.04. The van der Waals surface area contributed by atoms with Crippen LogP contribution >= 0.6 is 0 Å². The first-order valence-electron chi connectivity index (χ1n) is 5.48. The average molecular weight is 367 g/mol. The molecule has 0 aromatic rings. The van der Waals surface area contributed by atoms with Crippen LogP contribution in [-0.2, 0) is 14.3 Å². The Hall–Kier alpha value is -1.28. The normalized spacial score (nSPS) is 15.6. The van der Waals surface area contributed by atoms with Crippen LogP contribution in [0.1, 0.15) is 0 Å². The highest BCUT2D eigenvalue weighted by Gasteiger charge is 2.85. The van der Waals surface area contributed by atoms with Crippen molar-refractivity contribution in [2.24, 2.45) is 5.73 Å². The number of alkyl halides is 9. The molecule has 0 rings (SSSR count). The molecule has 138 valence electrons. The topological polar surface area (TPSA) is 81.8 Å². The number of hydrogen-bond donors (Lipinski definition) is 2. The molecule has 0 spiro atoms. The molecule has 0 heterocycles. The lowest BCUT2D eigenvalue weighted by Gasteiger charge is -2.37. The SMILES string of the molecule is N[C@@H](COCCOC(C(F)(F)F)(C(F)(F)F)C(F)(F)F)C(=O)O. The Bertz CT molecular complexity index is 367. The lowest BCUT2D eigenvalue weighted by Crippen LogP contribution is -2.68. The third kappa shape index (κ3) is 4.84. The minimum absolute atomic E-state index is 0.851. The van der Waals surface area contributed by atoms with Gasteiger partial charge in [0.15, 0.2) is 0 Å². The van der Waals surface area contributed by atoms with Crippen LogP contribution in [0, 0.1) is 0 Å². The summed E-state index contributed by atoms with van der Waals surface area (Å²) in [5.41, 5.74) is -1.50. The molecule has 0 radical (unpaired) electrons. The van der Waals surface area contributed by atoms with Gasteiger partial charge in [0.05, 0.1) is 19.8 Å². The number of carboxylic acid groups (broad SMARTS) is 1. The Kier molecular flexibility index (Phi) is 6.69. The van der Waals surface area contributed by atoms with E-state index in [0.717, 1.165) is 0 Å². The largest absolute Gasteiger partial charge is 0.480 e. The summed E-state index contributed by atoms with van der Waals surface area (Å²) in [6, 6.07) is -1.66. The molecule has 0 aliphatic heterocycles. The first-order valence-corrected chi connectivity index (χ1v) is 5.48. The molecule has 3 N–H and O–H groups in total. The van der Waals surface area contributed by atoms with Gasteiger partial charge < -0.3 is 20.3 Å². The zero-order valence-corrected chi connectivity index (χ0v) is 10.8. The predicted molar refractivity (Wildman–Crippen MR) is 53.3 cm³/mol. The second kappa shape index (κ2) is 7.09. The van der Waals surface area contributed by atoms with E-state index in [4.69, 9.17) is 10.8 Å². The molecule has 0 amide bonds. The number of halogens is 9. The Morgan fingerprint density at radius 1 is 0.913 bits per heavy atom. The maximum atomic E-state index is 12.4. The molecule has 0 fully saturated rings. The highest BCUT2D eigenvalue weighted by molar-refractivity contribution is 5.73. The van der Waals surface area contributed by atoms with E-state index in [9.17, 15) is 44.3 Å². The Balaban J connectivity index is 5.05. The van der Waals surface area contributed by atoms with Crippen LogP contribution in [0.3, 0.4) is 0 Å². The first-order chi connectivity index (χ1) is 10.1. The van der Waals surface area contributed by atoms with Crippen LogP contribution in [-0.4, -0.2) is 61.1 Å². The molecular formula is C9H10F9NO4. The van der Waals surface area contributed by atoms with E-state index in [1.165, 1.54) is 0 Å². The standard InChI is InChI=1S/C9H10F9NO4/c10-7(11,12)6(8(13,14)15,9(16,17)18)23-2-1-22-3-4(19)5(20)21/h4H,1-3,19H2,(H,20,21)/t4-/m0/s1. The summed E-state index contributed by atoms with van der Waals surface area (Å²) in [6.07, 6.45) is -20.5. The Labute approximate surface area is 122 Å². The zero-order valence-electron chi connectivity index (χ0n) is 10.8. The summed E-state index contributed by atoms with van der Waals surface area (Å²) in [5, 5.41) is 8.31. The summed E-state index contributed by atoms with van der Waals surface area (Å²) in [7, 11) is 0. The number of rotatable bonds is 7. The van der Waals surface area contributed by atoms with E-state index < -0.39 is 56.0 Å². The molecule has 23 heavy (non-hydrogen) atoms. The molecular weight excluding hydrogens is 357 g/mol. The maximum absolute atomic E-state index is 12.4. The summed E-state index contributed by atoms with van der Waals surface area (Å²) in [5.74, 6) is -1.60. The van der Waals surface area contributed by atoms with Crippen LogP contribution in [0.4, 0.5) is 39.5 Å². The molecule has 0 aromatic heterocycles. The van der Waals surface area contributed by atoms with Crippen molar-refractivity contribution in [3.63, 3.8) is 0 Å². The van der Waals surface area contributed by atoms with Gasteiger partial charge in [0.2, 0.25) is 0 Å². The summed E-state index contributed by atoms with van der Waals surface area (Å²) >= 11 is 0. The number of aliphatic carboxylic acids is 1. The van der Waals surface area contributed by atoms with Crippen molar-refractivity contribution in [3.05, 3.63) is 0 Å². The van der Waals surface area contributed by atoms with Gasteiger partial charge in [0.1, 0.15) is 6.04 Å². The fraction of sp³-hybridized carbons (Fsp3) is 0.889. The van der Waals surface area contributed by atoms with E-state index in [2.05, 4.69) is 9.47 Å². The molecule has 1 atom stereocenters. The number of carboxylic acids is 1. The van der Waals surface area contributed by atoms with Crippen LogP contribution in [0.15, 0.2) is 0 Å². The molecule has 0 saturated carbocycles. The fourth-order valence-corrected chi connectivity index (χ4v) is 1.26. The third-order valence-corrected chi connectivity index (χ3v) is 2.36. The Morgan fingerprint density at radius 3 is 1.61 bits per heavy atom. The third-order valence-electron chi connectivity index (χ3n) is 2.36. The Morgan fingerprint density at radius 2 is 1.30 bits per heavy atom.